The van der Waals surface area contributed by atoms with Gasteiger partial charge >= 0.3 is 23.9 Å². The van der Waals surface area contributed by atoms with Gasteiger partial charge in [-0.15, -0.1) is 0 Å². The Balaban J connectivity index is 1.78. The van der Waals surface area contributed by atoms with Gasteiger partial charge < -0.3 is 51.9 Å². The monoisotopic (exact) mass is 646 g/mol. The molecular formula is C30H46N8O8. The molecule has 0 amide bonds. The molecule has 4 bridgehead atoms. The summed E-state index contributed by atoms with van der Waals surface area (Å²) in [7, 11) is 0. The van der Waals surface area contributed by atoms with E-state index in [1.807, 2.05) is 12.1 Å². The molecule has 2 saturated heterocycles. The summed E-state index contributed by atoms with van der Waals surface area (Å²) < 4.78 is 0. The number of benzene rings is 1. The molecule has 5 aliphatic rings. The molecule has 6 rings (SSSR count). The van der Waals surface area contributed by atoms with Gasteiger partial charge in [-0.2, -0.15) is 0 Å². The van der Waals surface area contributed by atoms with E-state index in [4.69, 9.17) is 5.73 Å². The van der Waals surface area contributed by atoms with Crippen molar-refractivity contribution >= 4 is 23.9 Å². The zero-order valence-electron chi connectivity index (χ0n) is 26.4. The van der Waals surface area contributed by atoms with Crippen molar-refractivity contribution in [1.29, 1.82) is 0 Å². The van der Waals surface area contributed by atoms with Crippen LogP contribution in [0.3, 0.4) is 0 Å². The van der Waals surface area contributed by atoms with Gasteiger partial charge in [0.05, 0.1) is 24.2 Å². The van der Waals surface area contributed by atoms with Gasteiger partial charge in [0.25, 0.3) is 0 Å². The Morgan fingerprint density at radius 1 is 0.761 bits per heavy atom. The Morgan fingerprint density at radius 2 is 1.26 bits per heavy atom. The van der Waals surface area contributed by atoms with Gasteiger partial charge in [0, 0.05) is 58.9 Å². The molecule has 2 atom stereocenters. The summed E-state index contributed by atoms with van der Waals surface area (Å²) in [5.41, 5.74) is 6.99. The standard InChI is InChI=1S/C30H46N8O8/c1-20(2)22-5-3-21(4-6-22)9-34-30-15-33-28(38(19-30)13-26(45)46)27-32-14-29(31,17-37(27)12-25(43)44)16-35(10-23(39)40)7-8-36(18-30)11-24(41)42/h3-6,20,32-34H,7-19,31H2,1-2H3,(H,39,40)(H,41,42)(H,43,44)(H,45,46)/b28-27-. The minimum atomic E-state index is -1.11. The van der Waals surface area contributed by atoms with Crippen LogP contribution in [0.5, 0.6) is 0 Å². The second-order valence-electron chi connectivity index (χ2n) is 13.0. The number of nitrogens with two attached hydrogens (primary N) is 1. The molecule has 46 heavy (non-hydrogen) atoms. The number of carboxylic acid groups (broad SMARTS) is 4. The van der Waals surface area contributed by atoms with Gasteiger partial charge in [0.1, 0.15) is 24.7 Å². The fourth-order valence-corrected chi connectivity index (χ4v) is 6.48. The van der Waals surface area contributed by atoms with Crippen LogP contribution >= 0.6 is 0 Å². The van der Waals surface area contributed by atoms with Crippen LogP contribution in [0.25, 0.3) is 0 Å². The fraction of sp³-hybridized carbons (Fsp3) is 0.600. The van der Waals surface area contributed by atoms with Gasteiger partial charge in [-0.3, -0.25) is 29.0 Å². The molecule has 0 spiro atoms. The minimum absolute atomic E-state index is 0.0540. The molecule has 2 unspecified atom stereocenters. The van der Waals surface area contributed by atoms with E-state index >= 15 is 0 Å². The molecule has 16 heteroatoms. The zero-order chi connectivity index (χ0) is 33.6. The summed E-state index contributed by atoms with van der Waals surface area (Å²) in [6.45, 7) is 4.45. The molecule has 5 heterocycles. The summed E-state index contributed by atoms with van der Waals surface area (Å²) in [6, 6.07) is 8.16. The largest absolute Gasteiger partial charge is 0.480 e. The molecule has 254 valence electrons. The highest BCUT2D eigenvalue weighted by Crippen LogP contribution is 2.26. The molecular weight excluding hydrogens is 600 g/mol. The average Bonchev–Trinajstić information content (AvgIpc) is 2.94. The lowest BCUT2D eigenvalue weighted by Gasteiger charge is -2.51. The minimum Gasteiger partial charge on any atom is -0.480 e. The van der Waals surface area contributed by atoms with E-state index in [1.54, 1.807) is 19.6 Å². The summed E-state index contributed by atoms with van der Waals surface area (Å²) >= 11 is 0. The first kappa shape index (κ1) is 34.7. The Bertz CT molecular complexity index is 1320. The Hall–Kier alpha value is -4.12. The average molecular weight is 647 g/mol. The number of rotatable bonds is 12. The summed E-state index contributed by atoms with van der Waals surface area (Å²) in [6.07, 6.45) is 0. The van der Waals surface area contributed by atoms with E-state index < -0.39 is 48.0 Å². The third-order valence-corrected chi connectivity index (χ3v) is 8.54. The third kappa shape index (κ3) is 9.22. The topological polar surface area (TPSA) is 224 Å². The second-order valence-corrected chi connectivity index (χ2v) is 13.0. The van der Waals surface area contributed by atoms with Crippen LogP contribution in [0.4, 0.5) is 0 Å². The Kier molecular flexibility index (Phi) is 11.0. The van der Waals surface area contributed by atoms with E-state index in [-0.39, 0.29) is 65.4 Å². The van der Waals surface area contributed by atoms with Crippen molar-refractivity contribution in [2.24, 2.45) is 5.73 Å². The molecule has 9 N–H and O–H groups in total. The lowest BCUT2D eigenvalue weighted by atomic mass is 9.92. The van der Waals surface area contributed by atoms with Gasteiger partial charge in [0.2, 0.25) is 0 Å². The molecule has 0 radical (unpaired) electrons. The van der Waals surface area contributed by atoms with Crippen LogP contribution < -0.4 is 21.7 Å². The smallest absolute Gasteiger partial charge is 0.323 e. The third-order valence-electron chi connectivity index (χ3n) is 8.54. The maximum absolute atomic E-state index is 12.1. The fourth-order valence-electron chi connectivity index (χ4n) is 6.48. The molecule has 16 nitrogen and oxygen atoms in total. The zero-order valence-corrected chi connectivity index (χ0v) is 26.4. The quantitative estimate of drug-likeness (QED) is 0.126. The summed E-state index contributed by atoms with van der Waals surface area (Å²) in [5.74, 6) is -3.19. The van der Waals surface area contributed by atoms with Crippen LogP contribution in [0.15, 0.2) is 35.9 Å². The number of aliphatic carboxylic acids is 4. The summed E-state index contributed by atoms with van der Waals surface area (Å²) in [5, 5.41) is 49.3. The molecule has 5 aliphatic heterocycles. The highest BCUT2D eigenvalue weighted by Gasteiger charge is 2.44. The van der Waals surface area contributed by atoms with E-state index in [0.29, 0.717) is 24.1 Å². The van der Waals surface area contributed by atoms with E-state index in [2.05, 4.69) is 41.9 Å². The first-order valence-electron chi connectivity index (χ1n) is 15.3. The predicted molar refractivity (Wildman–Crippen MR) is 167 cm³/mol. The molecule has 0 saturated carbocycles. The lowest BCUT2D eigenvalue weighted by Crippen LogP contribution is -2.71. The molecule has 1 aromatic rings. The number of fused-ring (bicyclic) bond motifs is 2. The van der Waals surface area contributed by atoms with Crippen LogP contribution in [0.2, 0.25) is 0 Å². The van der Waals surface area contributed by atoms with Gasteiger partial charge in [-0.05, 0) is 17.0 Å². The molecule has 2 fully saturated rings. The maximum Gasteiger partial charge on any atom is 0.323 e. The Morgan fingerprint density at radius 3 is 1.78 bits per heavy atom. The first-order valence-corrected chi connectivity index (χ1v) is 15.3. The van der Waals surface area contributed by atoms with Crippen molar-refractivity contribution in [3.8, 4) is 0 Å². The van der Waals surface area contributed by atoms with Gasteiger partial charge in [0.15, 0.2) is 0 Å². The van der Waals surface area contributed by atoms with Crippen molar-refractivity contribution in [2.75, 3.05) is 78.5 Å². The van der Waals surface area contributed by atoms with Crippen molar-refractivity contribution in [3.05, 3.63) is 47.0 Å². The highest BCUT2D eigenvalue weighted by atomic mass is 16.4. The normalized spacial score (nSPS) is 26.0. The Labute approximate surface area is 267 Å². The highest BCUT2D eigenvalue weighted by molar-refractivity contribution is 5.71. The van der Waals surface area contributed by atoms with Crippen molar-refractivity contribution < 1.29 is 39.6 Å². The van der Waals surface area contributed by atoms with Crippen LogP contribution in [-0.2, 0) is 25.7 Å². The number of hydrogen-bond acceptors (Lipinski definition) is 12. The molecule has 0 aromatic heterocycles. The number of carbonyl (C=O) groups is 4. The van der Waals surface area contributed by atoms with Crippen LogP contribution in [0, 0.1) is 0 Å². The van der Waals surface area contributed by atoms with E-state index in [1.165, 1.54) is 5.56 Å². The maximum atomic E-state index is 12.1. The van der Waals surface area contributed by atoms with Crippen molar-refractivity contribution in [2.45, 2.75) is 37.4 Å². The van der Waals surface area contributed by atoms with E-state index in [0.717, 1.165) is 5.56 Å². The van der Waals surface area contributed by atoms with Gasteiger partial charge in [-0.25, -0.2) is 0 Å². The second kappa shape index (κ2) is 14.5. The van der Waals surface area contributed by atoms with Crippen molar-refractivity contribution in [1.82, 2.24) is 35.6 Å². The predicted octanol–water partition coefficient (Wildman–Crippen LogP) is -1.77. The SMILES string of the molecule is CC(C)c1ccc(CNC23CN/C(=C4\NCC(N)(CN(CC(=O)O)CCN(CC(=O)O)C2)CN4CC(=O)O)N(CC(=O)O)C3)cc1. The number of hydrogen-bond donors (Lipinski definition) is 8. The summed E-state index contributed by atoms with van der Waals surface area (Å²) in [4.78, 5) is 54.4. The first-order chi connectivity index (χ1) is 21.7. The van der Waals surface area contributed by atoms with Crippen LogP contribution in [-0.4, -0.2) is 154 Å². The van der Waals surface area contributed by atoms with E-state index in [9.17, 15) is 39.6 Å². The number of nitrogens with zero attached hydrogens (tertiary/aromatic N) is 4. The van der Waals surface area contributed by atoms with Gasteiger partial charge in [-0.1, -0.05) is 38.1 Å². The molecule has 1 aromatic carbocycles. The van der Waals surface area contributed by atoms with Crippen molar-refractivity contribution in [3.63, 3.8) is 0 Å². The lowest BCUT2D eigenvalue weighted by molar-refractivity contribution is -0.141. The number of nitrogens with one attached hydrogen (secondary N) is 3. The molecule has 0 aliphatic carbocycles. The van der Waals surface area contributed by atoms with Crippen LogP contribution in [0.1, 0.15) is 30.9 Å². The number of carboxylic acids is 4.